The highest BCUT2D eigenvalue weighted by Gasteiger charge is 2.44. The lowest BCUT2D eigenvalue weighted by atomic mass is 9.70. The van der Waals surface area contributed by atoms with Crippen LogP contribution in [0, 0.1) is 5.41 Å². The second-order valence-electron chi connectivity index (χ2n) is 14.6. The maximum absolute atomic E-state index is 13.5. The number of halogens is 1. The summed E-state index contributed by atoms with van der Waals surface area (Å²) in [4.78, 5) is 25.8. The molecule has 4 atom stereocenters. The summed E-state index contributed by atoms with van der Waals surface area (Å²) >= 11 is 3.56. The number of amides is 2. The van der Waals surface area contributed by atoms with E-state index in [0.717, 1.165) is 21.2 Å². The van der Waals surface area contributed by atoms with Crippen LogP contribution in [0.15, 0.2) is 89.4 Å². The molecule has 7 nitrogen and oxygen atoms in total. The van der Waals surface area contributed by atoms with Gasteiger partial charge in [-0.1, -0.05) is 130 Å². The van der Waals surface area contributed by atoms with Crippen molar-refractivity contribution in [1.82, 2.24) is 10.6 Å². The molecule has 9 heteroatoms. The minimum absolute atomic E-state index is 0.127. The van der Waals surface area contributed by atoms with Gasteiger partial charge in [0.15, 0.2) is 8.32 Å². The first-order valence-corrected chi connectivity index (χ1v) is 19.6. The molecule has 0 spiro atoms. The summed E-state index contributed by atoms with van der Waals surface area (Å²) < 4.78 is 13.8. The number of benzene rings is 3. The average Bonchev–Trinajstić information content (AvgIpc) is 2.96. The molecule has 1 unspecified atom stereocenters. The van der Waals surface area contributed by atoms with Gasteiger partial charge in [-0.3, -0.25) is 0 Å². The number of hydrogen-bond acceptors (Lipinski definition) is 4. The lowest BCUT2D eigenvalue weighted by molar-refractivity contribution is 0.0882. The van der Waals surface area contributed by atoms with Crippen molar-refractivity contribution in [3.8, 4) is 0 Å². The Hall–Kier alpha value is -3.14. The minimum Gasteiger partial charge on any atom is -0.465 e. The molecule has 0 aliphatic heterocycles. The summed E-state index contributed by atoms with van der Waals surface area (Å²) in [6, 6.07) is 26.6. The van der Waals surface area contributed by atoms with Crippen molar-refractivity contribution in [2.24, 2.45) is 5.41 Å². The molecule has 0 bridgehead atoms. The number of hydrogen-bond donors (Lipinski definition) is 3. The molecular formula is C37H51BrN2O5Si. The van der Waals surface area contributed by atoms with Gasteiger partial charge in [0.1, 0.15) is 6.61 Å². The number of nitrogens with one attached hydrogen (secondary N) is 2. The normalized spacial score (nSPS) is 14.9. The van der Waals surface area contributed by atoms with Crippen molar-refractivity contribution in [3.05, 3.63) is 106 Å². The number of carbonyl (C=O) groups is 2. The van der Waals surface area contributed by atoms with Gasteiger partial charge < -0.3 is 24.9 Å². The van der Waals surface area contributed by atoms with Crippen molar-refractivity contribution in [1.29, 1.82) is 0 Å². The van der Waals surface area contributed by atoms with E-state index in [0.29, 0.717) is 12.8 Å². The van der Waals surface area contributed by atoms with Gasteiger partial charge >= 0.3 is 12.2 Å². The largest absolute Gasteiger partial charge is 0.465 e. The third kappa shape index (κ3) is 11.3. The first-order chi connectivity index (χ1) is 21.5. The monoisotopic (exact) mass is 710 g/mol. The molecule has 3 aromatic rings. The SMILES string of the molecule is CC(C)(C)C(c1ccc(Br)cc1)[C@H](C[C@@H](O[Si](C)(C)C(C)(C)C)[C@H](Cc1ccccc1)NC(=O)O)NC(=O)OCc1ccccc1. The molecular weight excluding hydrogens is 660 g/mol. The fourth-order valence-electron chi connectivity index (χ4n) is 5.60. The van der Waals surface area contributed by atoms with Crippen molar-refractivity contribution in [2.45, 2.75) is 103 Å². The minimum atomic E-state index is -2.42. The van der Waals surface area contributed by atoms with Crippen LogP contribution < -0.4 is 10.6 Å². The lowest BCUT2D eigenvalue weighted by Crippen LogP contribution is -2.55. The number of carboxylic acid groups (broad SMARTS) is 1. The Morgan fingerprint density at radius 2 is 1.35 bits per heavy atom. The zero-order valence-corrected chi connectivity index (χ0v) is 31.1. The Bertz CT molecular complexity index is 1390. The van der Waals surface area contributed by atoms with Crippen molar-refractivity contribution in [3.63, 3.8) is 0 Å². The third-order valence-electron chi connectivity index (χ3n) is 8.88. The highest BCUT2D eigenvalue weighted by Crippen LogP contribution is 2.42. The number of alkyl carbamates (subject to hydrolysis) is 1. The predicted molar refractivity (Wildman–Crippen MR) is 192 cm³/mol. The molecule has 3 N–H and O–H groups in total. The van der Waals surface area contributed by atoms with E-state index < -0.39 is 38.7 Å². The van der Waals surface area contributed by atoms with Crippen LogP contribution >= 0.6 is 15.9 Å². The number of carbonyl (C=O) groups excluding carboxylic acids is 1. The van der Waals surface area contributed by atoms with E-state index >= 15 is 0 Å². The Morgan fingerprint density at radius 1 is 0.804 bits per heavy atom. The van der Waals surface area contributed by atoms with E-state index in [1.165, 1.54) is 0 Å². The highest BCUT2D eigenvalue weighted by atomic mass is 79.9. The van der Waals surface area contributed by atoms with Gasteiger partial charge in [-0.05, 0) is 65.2 Å². The molecule has 0 saturated heterocycles. The van der Waals surface area contributed by atoms with Gasteiger partial charge in [-0.15, -0.1) is 0 Å². The summed E-state index contributed by atoms with van der Waals surface area (Å²) in [7, 11) is -2.42. The van der Waals surface area contributed by atoms with Gasteiger partial charge in [-0.2, -0.15) is 0 Å². The molecule has 0 fully saturated rings. The summed E-state index contributed by atoms with van der Waals surface area (Å²) in [6.45, 7) is 17.5. The summed E-state index contributed by atoms with van der Waals surface area (Å²) in [5, 5.41) is 15.9. The topological polar surface area (TPSA) is 96.9 Å². The van der Waals surface area contributed by atoms with Crippen molar-refractivity contribution >= 4 is 36.4 Å². The number of ether oxygens (including phenoxy) is 1. The fourth-order valence-corrected chi connectivity index (χ4v) is 7.24. The van der Waals surface area contributed by atoms with Gasteiger partial charge in [0.05, 0.1) is 12.1 Å². The molecule has 0 radical (unpaired) electrons. The third-order valence-corrected chi connectivity index (χ3v) is 13.9. The van der Waals surface area contributed by atoms with Crippen molar-refractivity contribution < 1.29 is 23.9 Å². The summed E-state index contributed by atoms with van der Waals surface area (Å²) in [5.74, 6) is -0.155. The van der Waals surface area contributed by atoms with E-state index in [-0.39, 0.29) is 23.0 Å². The fraction of sp³-hybridized carbons (Fsp3) is 0.459. The highest BCUT2D eigenvalue weighted by molar-refractivity contribution is 9.10. The van der Waals surface area contributed by atoms with E-state index in [4.69, 9.17) is 9.16 Å². The maximum Gasteiger partial charge on any atom is 0.407 e. The van der Waals surface area contributed by atoms with Gasteiger partial charge in [0.25, 0.3) is 0 Å². The van der Waals surface area contributed by atoms with Crippen LogP contribution in [0.1, 0.15) is 70.6 Å². The first-order valence-electron chi connectivity index (χ1n) is 15.9. The summed E-state index contributed by atoms with van der Waals surface area (Å²) in [6.07, 6.45) is -1.38. The van der Waals surface area contributed by atoms with Crippen LogP contribution in [-0.2, 0) is 22.2 Å². The van der Waals surface area contributed by atoms with Crippen LogP contribution in [0.25, 0.3) is 0 Å². The van der Waals surface area contributed by atoms with Gasteiger partial charge in [0, 0.05) is 16.4 Å². The molecule has 250 valence electrons. The van der Waals surface area contributed by atoms with Crippen LogP contribution in [0.2, 0.25) is 18.1 Å². The van der Waals surface area contributed by atoms with Crippen LogP contribution in [0.3, 0.4) is 0 Å². The number of rotatable bonds is 13. The molecule has 0 saturated carbocycles. The molecule has 3 rings (SSSR count). The zero-order valence-electron chi connectivity index (χ0n) is 28.5. The van der Waals surface area contributed by atoms with E-state index in [2.05, 4.69) is 93.3 Å². The molecule has 2 amide bonds. The quantitative estimate of drug-likeness (QED) is 0.154. The van der Waals surface area contributed by atoms with Crippen LogP contribution in [0.4, 0.5) is 9.59 Å². The van der Waals surface area contributed by atoms with E-state index in [1.807, 2.05) is 72.8 Å². The lowest BCUT2D eigenvalue weighted by Gasteiger charge is -2.44. The van der Waals surface area contributed by atoms with Crippen molar-refractivity contribution in [2.75, 3.05) is 0 Å². The van der Waals surface area contributed by atoms with Gasteiger partial charge in [-0.25, -0.2) is 9.59 Å². The Balaban J connectivity index is 2.09. The molecule has 0 aromatic heterocycles. The van der Waals surface area contributed by atoms with Crippen LogP contribution in [0.5, 0.6) is 0 Å². The second kappa shape index (κ2) is 16.1. The van der Waals surface area contributed by atoms with Gasteiger partial charge in [0.2, 0.25) is 0 Å². The van der Waals surface area contributed by atoms with E-state index in [9.17, 15) is 14.7 Å². The Morgan fingerprint density at radius 3 is 1.85 bits per heavy atom. The molecule has 0 aliphatic carbocycles. The zero-order chi connectivity index (χ0) is 34.1. The maximum atomic E-state index is 13.5. The molecule has 0 heterocycles. The Labute approximate surface area is 284 Å². The molecule has 3 aromatic carbocycles. The first kappa shape index (κ1) is 37.3. The Kier molecular flexibility index (Phi) is 13.1. The average molecular weight is 712 g/mol. The second-order valence-corrected chi connectivity index (χ2v) is 20.3. The smallest absolute Gasteiger partial charge is 0.407 e. The molecule has 46 heavy (non-hydrogen) atoms. The summed E-state index contributed by atoms with van der Waals surface area (Å²) in [5.41, 5.74) is 2.65. The standard InChI is InChI=1S/C37H51BrN2O5Si/c1-36(2,3)33(28-19-21-29(38)22-20-28)31(40-35(43)44-25-27-17-13-10-14-18-27)24-32(45-46(7,8)37(4,5)6)30(39-34(41)42)23-26-15-11-9-12-16-26/h9-22,30-33,39H,23-25H2,1-8H3,(H,40,43)(H,41,42)/t30-,31-,32+,33?/m0/s1. The van der Waals surface area contributed by atoms with Crippen LogP contribution in [-0.4, -0.2) is 43.8 Å². The van der Waals surface area contributed by atoms with E-state index in [1.54, 1.807) is 0 Å². The predicted octanol–water partition coefficient (Wildman–Crippen LogP) is 9.53. The molecule has 0 aliphatic rings.